The Morgan fingerprint density at radius 2 is 1.85 bits per heavy atom. The van der Waals surface area contributed by atoms with E-state index in [1.165, 1.54) is 18.4 Å². The van der Waals surface area contributed by atoms with Crippen molar-refractivity contribution in [1.29, 1.82) is 0 Å². The number of fused-ring (bicyclic) bond motifs is 3. The van der Waals surface area contributed by atoms with Crippen LogP contribution in [0.4, 0.5) is 0 Å². The Balaban J connectivity index is 1.61. The lowest BCUT2D eigenvalue weighted by molar-refractivity contribution is 0.0561. The Morgan fingerprint density at radius 3 is 2.52 bits per heavy atom. The van der Waals surface area contributed by atoms with Crippen LogP contribution in [0.15, 0.2) is 28.7 Å². The highest BCUT2D eigenvalue weighted by Crippen LogP contribution is 2.52. The SMILES string of the molecule is C[C@@H]1c2cc3c(cc2C2(CCCC2)CN1C(=O)c1ccc(Cl)o1)OCCO3. The molecule has 5 nitrogen and oxygen atoms in total. The predicted octanol–water partition coefficient (Wildman–Crippen LogP) is 4.73. The number of carbonyl (C=O) groups is 1. The highest BCUT2D eigenvalue weighted by molar-refractivity contribution is 6.29. The first-order valence-corrected chi connectivity index (χ1v) is 9.96. The van der Waals surface area contributed by atoms with E-state index in [-0.39, 0.29) is 22.6 Å². The highest BCUT2D eigenvalue weighted by atomic mass is 35.5. The fraction of sp³-hybridized carbons (Fsp3) is 0.476. The van der Waals surface area contributed by atoms with Gasteiger partial charge in [-0.2, -0.15) is 0 Å². The van der Waals surface area contributed by atoms with Gasteiger partial charge in [0.05, 0.1) is 6.04 Å². The van der Waals surface area contributed by atoms with E-state index in [4.69, 9.17) is 25.5 Å². The zero-order valence-electron chi connectivity index (χ0n) is 15.3. The third-order valence-corrected chi connectivity index (χ3v) is 6.48. The summed E-state index contributed by atoms with van der Waals surface area (Å²) < 4.78 is 17.1. The lowest BCUT2D eigenvalue weighted by Crippen LogP contribution is -2.48. The van der Waals surface area contributed by atoms with Crippen molar-refractivity contribution in [2.24, 2.45) is 0 Å². The monoisotopic (exact) mass is 387 g/mol. The molecule has 1 spiro atoms. The Labute approximate surface area is 163 Å². The van der Waals surface area contributed by atoms with Crippen LogP contribution in [0.1, 0.15) is 60.3 Å². The van der Waals surface area contributed by atoms with Crippen molar-refractivity contribution < 1.29 is 18.7 Å². The maximum atomic E-state index is 13.2. The molecule has 1 aromatic carbocycles. The largest absolute Gasteiger partial charge is 0.486 e. The van der Waals surface area contributed by atoms with Crippen molar-refractivity contribution in [2.75, 3.05) is 19.8 Å². The number of hydrogen-bond acceptors (Lipinski definition) is 4. The molecule has 0 unspecified atom stereocenters. The molecule has 0 radical (unpaired) electrons. The second kappa shape index (κ2) is 6.20. The molecule has 1 saturated carbocycles. The zero-order valence-corrected chi connectivity index (χ0v) is 16.1. The first-order chi connectivity index (χ1) is 13.1. The summed E-state index contributed by atoms with van der Waals surface area (Å²) in [6.45, 7) is 3.90. The van der Waals surface area contributed by atoms with Crippen LogP contribution in [0.5, 0.6) is 11.5 Å². The molecule has 6 heteroatoms. The molecule has 27 heavy (non-hydrogen) atoms. The lowest BCUT2D eigenvalue weighted by atomic mass is 9.71. The summed E-state index contributed by atoms with van der Waals surface area (Å²) in [6, 6.07) is 7.43. The summed E-state index contributed by atoms with van der Waals surface area (Å²) in [5.74, 6) is 1.79. The van der Waals surface area contributed by atoms with Gasteiger partial charge in [-0.25, -0.2) is 0 Å². The van der Waals surface area contributed by atoms with Gasteiger partial charge >= 0.3 is 0 Å². The van der Waals surface area contributed by atoms with E-state index in [2.05, 4.69) is 19.1 Å². The van der Waals surface area contributed by atoms with E-state index in [9.17, 15) is 4.79 Å². The smallest absolute Gasteiger partial charge is 0.290 e. The van der Waals surface area contributed by atoms with Gasteiger partial charge in [0.15, 0.2) is 22.5 Å². The molecule has 0 bridgehead atoms. The number of furan rings is 1. The topological polar surface area (TPSA) is 51.9 Å². The van der Waals surface area contributed by atoms with Gasteiger partial charge in [0.25, 0.3) is 5.91 Å². The minimum Gasteiger partial charge on any atom is -0.486 e. The van der Waals surface area contributed by atoms with E-state index >= 15 is 0 Å². The molecule has 0 saturated heterocycles. The molecule has 3 aliphatic rings. The second-order valence-corrected chi connectivity index (χ2v) is 8.16. The Hall–Kier alpha value is -2.14. The molecule has 3 heterocycles. The molecule has 2 aliphatic heterocycles. The van der Waals surface area contributed by atoms with Crippen molar-refractivity contribution in [3.8, 4) is 11.5 Å². The number of rotatable bonds is 1. The minimum atomic E-state index is -0.110. The average Bonchev–Trinajstić information content (AvgIpc) is 3.33. The van der Waals surface area contributed by atoms with Crippen molar-refractivity contribution >= 4 is 17.5 Å². The van der Waals surface area contributed by atoms with Gasteiger partial charge in [-0.1, -0.05) is 12.8 Å². The molecule has 1 aliphatic carbocycles. The Bertz CT molecular complexity index is 900. The highest BCUT2D eigenvalue weighted by Gasteiger charge is 2.46. The molecule has 5 rings (SSSR count). The standard InChI is InChI=1S/C21H22ClNO4/c1-13-14-10-17-18(26-9-8-25-17)11-15(14)21(6-2-3-7-21)12-23(13)20(24)16-4-5-19(22)27-16/h4-5,10-11,13H,2-3,6-9,12H2,1H3/t13-/m1/s1. The molecular formula is C21H22ClNO4. The summed E-state index contributed by atoms with van der Waals surface area (Å²) >= 11 is 5.89. The summed E-state index contributed by atoms with van der Waals surface area (Å²) in [5, 5.41) is 0.235. The Morgan fingerprint density at radius 1 is 1.15 bits per heavy atom. The van der Waals surface area contributed by atoms with Gasteiger partial charge in [-0.15, -0.1) is 0 Å². The summed E-state index contributed by atoms with van der Waals surface area (Å²) in [6.07, 6.45) is 4.51. The minimum absolute atomic E-state index is 0.0241. The third-order valence-electron chi connectivity index (χ3n) is 6.28. The van der Waals surface area contributed by atoms with Crippen LogP contribution in [0.25, 0.3) is 0 Å². The normalized spacial score (nSPS) is 22.7. The van der Waals surface area contributed by atoms with Crippen molar-refractivity contribution in [3.63, 3.8) is 0 Å². The summed E-state index contributed by atoms with van der Waals surface area (Å²) in [7, 11) is 0. The summed E-state index contributed by atoms with van der Waals surface area (Å²) in [5.41, 5.74) is 2.45. The molecule has 142 valence electrons. The van der Waals surface area contributed by atoms with Crippen LogP contribution in [0, 0.1) is 0 Å². The van der Waals surface area contributed by atoms with Crippen LogP contribution in [0.3, 0.4) is 0 Å². The molecule has 0 N–H and O–H groups in total. The summed E-state index contributed by atoms with van der Waals surface area (Å²) in [4.78, 5) is 15.1. The van der Waals surface area contributed by atoms with Gasteiger partial charge in [-0.05, 0) is 66.8 Å². The van der Waals surface area contributed by atoms with E-state index in [1.807, 2.05) is 4.90 Å². The number of halogens is 1. The zero-order chi connectivity index (χ0) is 18.6. The lowest BCUT2D eigenvalue weighted by Gasteiger charge is -2.46. The van der Waals surface area contributed by atoms with E-state index < -0.39 is 0 Å². The average molecular weight is 388 g/mol. The Kier molecular flexibility index (Phi) is 3.90. The number of nitrogens with zero attached hydrogens (tertiary/aromatic N) is 1. The van der Waals surface area contributed by atoms with Crippen molar-refractivity contribution in [1.82, 2.24) is 4.90 Å². The number of amides is 1. The molecular weight excluding hydrogens is 366 g/mol. The van der Waals surface area contributed by atoms with Crippen LogP contribution in [-0.4, -0.2) is 30.6 Å². The first kappa shape index (κ1) is 17.0. The van der Waals surface area contributed by atoms with Crippen LogP contribution in [0.2, 0.25) is 5.22 Å². The number of ether oxygens (including phenoxy) is 2. The van der Waals surface area contributed by atoms with Gasteiger partial charge in [0.1, 0.15) is 13.2 Å². The number of benzene rings is 1. The van der Waals surface area contributed by atoms with E-state index in [1.54, 1.807) is 12.1 Å². The quantitative estimate of drug-likeness (QED) is 0.709. The fourth-order valence-corrected chi connectivity index (χ4v) is 5.07. The molecule has 2 aromatic rings. The molecule has 1 fully saturated rings. The second-order valence-electron chi connectivity index (χ2n) is 7.78. The predicted molar refractivity (Wildman–Crippen MR) is 101 cm³/mol. The van der Waals surface area contributed by atoms with Gasteiger partial charge in [0, 0.05) is 12.0 Å². The van der Waals surface area contributed by atoms with Gasteiger partial charge in [0.2, 0.25) is 0 Å². The molecule has 1 amide bonds. The maximum Gasteiger partial charge on any atom is 0.290 e. The first-order valence-electron chi connectivity index (χ1n) is 9.58. The van der Waals surface area contributed by atoms with Gasteiger partial charge < -0.3 is 18.8 Å². The van der Waals surface area contributed by atoms with Crippen molar-refractivity contribution in [3.05, 3.63) is 46.4 Å². The fourth-order valence-electron chi connectivity index (χ4n) is 4.92. The van der Waals surface area contributed by atoms with E-state index in [0.29, 0.717) is 25.5 Å². The van der Waals surface area contributed by atoms with Gasteiger partial charge in [-0.3, -0.25) is 4.79 Å². The third kappa shape index (κ3) is 2.63. The van der Waals surface area contributed by atoms with Crippen molar-refractivity contribution in [2.45, 2.75) is 44.1 Å². The molecule has 1 aromatic heterocycles. The number of carbonyl (C=O) groups excluding carboxylic acids is 1. The van der Waals surface area contributed by atoms with E-state index in [0.717, 1.165) is 29.9 Å². The van der Waals surface area contributed by atoms with Crippen LogP contribution in [-0.2, 0) is 5.41 Å². The maximum absolute atomic E-state index is 13.2. The van der Waals surface area contributed by atoms with Crippen LogP contribution < -0.4 is 9.47 Å². The number of hydrogen-bond donors (Lipinski definition) is 0. The van der Waals surface area contributed by atoms with Crippen LogP contribution >= 0.6 is 11.6 Å². The molecule has 1 atom stereocenters.